The van der Waals surface area contributed by atoms with Crippen LogP contribution in [-0.2, 0) is 0 Å². The summed E-state index contributed by atoms with van der Waals surface area (Å²) in [4.78, 5) is 26.4. The molecule has 0 saturated heterocycles. The fourth-order valence-electron chi connectivity index (χ4n) is 1.41. The third kappa shape index (κ3) is 2.35. The number of ether oxygens (including phenoxy) is 1. The van der Waals surface area contributed by atoms with E-state index in [0.717, 1.165) is 12.8 Å². The zero-order chi connectivity index (χ0) is 12.4. The van der Waals surface area contributed by atoms with Gasteiger partial charge in [-0.2, -0.15) is 0 Å². The Morgan fingerprint density at radius 1 is 1.53 bits per heavy atom. The van der Waals surface area contributed by atoms with Crippen molar-refractivity contribution in [1.29, 1.82) is 0 Å². The van der Waals surface area contributed by atoms with Crippen LogP contribution in [0.25, 0.3) is 0 Å². The molecule has 0 bridgehead atoms. The van der Waals surface area contributed by atoms with Gasteiger partial charge in [0, 0.05) is 13.2 Å². The lowest BCUT2D eigenvalue weighted by Crippen LogP contribution is -2.23. The predicted octanol–water partition coefficient (Wildman–Crippen LogP) is 0.681. The molecule has 0 atom stereocenters. The maximum absolute atomic E-state index is 11.7. The maximum Gasteiger partial charge on any atom is 0.355 e. The van der Waals surface area contributed by atoms with Crippen LogP contribution in [0.1, 0.15) is 33.7 Å². The van der Waals surface area contributed by atoms with Crippen LogP contribution in [0.4, 0.5) is 0 Å². The van der Waals surface area contributed by atoms with Gasteiger partial charge in [0.15, 0.2) is 5.69 Å². The molecule has 90 valence electrons. The van der Waals surface area contributed by atoms with Crippen LogP contribution in [0.3, 0.4) is 0 Å². The summed E-state index contributed by atoms with van der Waals surface area (Å²) in [6.45, 7) is 0. The molecular weight excluding hydrogens is 224 g/mol. The molecule has 17 heavy (non-hydrogen) atoms. The second kappa shape index (κ2) is 4.40. The molecule has 2 rings (SSSR count). The molecule has 0 aromatic carbocycles. The Labute approximate surface area is 97.6 Å². The van der Waals surface area contributed by atoms with Gasteiger partial charge in [0.1, 0.15) is 11.3 Å². The van der Waals surface area contributed by atoms with Crippen molar-refractivity contribution in [1.82, 2.24) is 10.3 Å². The van der Waals surface area contributed by atoms with Crippen molar-refractivity contribution in [3.05, 3.63) is 23.5 Å². The molecule has 0 aliphatic heterocycles. The van der Waals surface area contributed by atoms with Gasteiger partial charge in [-0.3, -0.25) is 4.79 Å². The molecule has 0 radical (unpaired) electrons. The van der Waals surface area contributed by atoms with Gasteiger partial charge >= 0.3 is 5.97 Å². The van der Waals surface area contributed by atoms with E-state index in [4.69, 9.17) is 9.84 Å². The normalized spacial score (nSPS) is 14.2. The maximum atomic E-state index is 11.7. The van der Waals surface area contributed by atoms with Crippen LogP contribution in [-0.4, -0.2) is 35.1 Å². The number of carbonyl (C=O) groups excluding carboxylic acids is 1. The van der Waals surface area contributed by atoms with Gasteiger partial charge in [0.2, 0.25) is 0 Å². The highest BCUT2D eigenvalue weighted by Gasteiger charge is 2.28. The van der Waals surface area contributed by atoms with Gasteiger partial charge in [-0.1, -0.05) is 0 Å². The molecule has 0 unspecified atom stereocenters. The van der Waals surface area contributed by atoms with Crippen LogP contribution < -0.4 is 10.1 Å². The van der Waals surface area contributed by atoms with E-state index in [2.05, 4.69) is 10.3 Å². The number of hydrogen-bond donors (Lipinski definition) is 2. The van der Waals surface area contributed by atoms with E-state index in [1.807, 2.05) is 0 Å². The Morgan fingerprint density at radius 2 is 2.24 bits per heavy atom. The Kier molecular flexibility index (Phi) is 2.95. The van der Waals surface area contributed by atoms with Gasteiger partial charge in [-0.15, -0.1) is 0 Å². The quantitative estimate of drug-likeness (QED) is 0.802. The molecular formula is C11H12N2O4. The number of rotatable bonds is 4. The third-order valence-corrected chi connectivity index (χ3v) is 2.39. The average Bonchev–Trinajstić information content (AvgIpc) is 3.11. The molecule has 1 fully saturated rings. The van der Waals surface area contributed by atoms with E-state index in [0.29, 0.717) is 0 Å². The van der Waals surface area contributed by atoms with Crippen molar-refractivity contribution in [3.63, 3.8) is 0 Å². The molecule has 0 spiro atoms. The van der Waals surface area contributed by atoms with Gasteiger partial charge in [-0.05, 0) is 18.9 Å². The van der Waals surface area contributed by atoms with Crippen LogP contribution >= 0.6 is 0 Å². The molecule has 6 heteroatoms. The molecule has 1 amide bonds. The fourth-order valence-corrected chi connectivity index (χ4v) is 1.41. The van der Waals surface area contributed by atoms with E-state index < -0.39 is 11.9 Å². The molecule has 2 N–H and O–H groups in total. The first-order valence-electron chi connectivity index (χ1n) is 5.24. The van der Waals surface area contributed by atoms with Crippen molar-refractivity contribution in [2.45, 2.75) is 18.9 Å². The second-order valence-electron chi connectivity index (χ2n) is 3.73. The van der Waals surface area contributed by atoms with Crippen molar-refractivity contribution in [2.24, 2.45) is 0 Å². The van der Waals surface area contributed by atoms with Gasteiger partial charge in [0.05, 0.1) is 6.10 Å². The highest BCUT2D eigenvalue weighted by Crippen LogP contribution is 2.30. The third-order valence-electron chi connectivity index (χ3n) is 2.39. The number of carboxylic acid groups (broad SMARTS) is 1. The fraction of sp³-hybridized carbons (Fsp3) is 0.364. The van der Waals surface area contributed by atoms with Crippen LogP contribution in [0.15, 0.2) is 12.3 Å². The summed E-state index contributed by atoms with van der Waals surface area (Å²) < 4.78 is 5.51. The molecule has 6 nitrogen and oxygen atoms in total. The van der Waals surface area contributed by atoms with E-state index >= 15 is 0 Å². The van der Waals surface area contributed by atoms with Gasteiger partial charge in [-0.25, -0.2) is 9.78 Å². The SMILES string of the molecule is CNC(=O)c1c(OC2CC2)ccnc1C(=O)O. The number of nitrogens with zero attached hydrogens (tertiary/aromatic N) is 1. The zero-order valence-electron chi connectivity index (χ0n) is 9.27. The first-order chi connectivity index (χ1) is 8.13. The Morgan fingerprint density at radius 3 is 2.76 bits per heavy atom. The summed E-state index contributed by atoms with van der Waals surface area (Å²) >= 11 is 0. The van der Waals surface area contributed by atoms with Crippen molar-refractivity contribution >= 4 is 11.9 Å². The molecule has 1 aliphatic rings. The number of carboxylic acids is 1. The van der Waals surface area contributed by atoms with E-state index in [-0.39, 0.29) is 23.1 Å². The predicted molar refractivity (Wildman–Crippen MR) is 58.2 cm³/mol. The smallest absolute Gasteiger partial charge is 0.355 e. The van der Waals surface area contributed by atoms with Crippen LogP contribution in [0.2, 0.25) is 0 Å². The van der Waals surface area contributed by atoms with Crippen molar-refractivity contribution < 1.29 is 19.4 Å². The molecule has 1 aromatic heterocycles. The van der Waals surface area contributed by atoms with E-state index in [9.17, 15) is 9.59 Å². The molecule has 1 saturated carbocycles. The van der Waals surface area contributed by atoms with E-state index in [1.54, 1.807) is 0 Å². The van der Waals surface area contributed by atoms with E-state index in [1.165, 1.54) is 19.3 Å². The number of aromatic carboxylic acids is 1. The lowest BCUT2D eigenvalue weighted by atomic mass is 10.1. The molecule has 1 heterocycles. The highest BCUT2D eigenvalue weighted by atomic mass is 16.5. The molecule has 1 aliphatic carbocycles. The Hall–Kier alpha value is -2.11. The molecule has 1 aromatic rings. The number of pyridine rings is 1. The Balaban J connectivity index is 2.45. The number of nitrogens with one attached hydrogen (secondary N) is 1. The zero-order valence-corrected chi connectivity index (χ0v) is 9.27. The van der Waals surface area contributed by atoms with Crippen LogP contribution in [0.5, 0.6) is 5.75 Å². The topological polar surface area (TPSA) is 88.5 Å². The minimum Gasteiger partial charge on any atom is -0.489 e. The lowest BCUT2D eigenvalue weighted by molar-refractivity contribution is 0.0683. The van der Waals surface area contributed by atoms with Crippen molar-refractivity contribution in [3.8, 4) is 5.75 Å². The highest BCUT2D eigenvalue weighted by molar-refractivity contribution is 6.05. The summed E-state index contributed by atoms with van der Waals surface area (Å²) in [5.74, 6) is -1.48. The van der Waals surface area contributed by atoms with Gasteiger partial charge < -0.3 is 15.2 Å². The minimum atomic E-state index is -1.25. The summed E-state index contributed by atoms with van der Waals surface area (Å²) in [5.41, 5.74) is -0.308. The largest absolute Gasteiger partial charge is 0.489 e. The van der Waals surface area contributed by atoms with Crippen LogP contribution in [0, 0.1) is 0 Å². The summed E-state index contributed by atoms with van der Waals surface area (Å²) in [6.07, 6.45) is 3.27. The number of aromatic nitrogens is 1. The summed E-state index contributed by atoms with van der Waals surface area (Å²) in [6, 6.07) is 1.51. The Bertz CT molecular complexity index is 469. The first kappa shape index (κ1) is 11.4. The summed E-state index contributed by atoms with van der Waals surface area (Å²) in [5, 5.41) is 11.4. The lowest BCUT2D eigenvalue weighted by Gasteiger charge is -2.11. The average molecular weight is 236 g/mol. The number of amides is 1. The first-order valence-corrected chi connectivity index (χ1v) is 5.24. The van der Waals surface area contributed by atoms with Gasteiger partial charge in [0.25, 0.3) is 5.91 Å². The number of carbonyl (C=O) groups is 2. The summed E-state index contributed by atoms with van der Waals surface area (Å²) in [7, 11) is 1.43. The monoisotopic (exact) mass is 236 g/mol. The van der Waals surface area contributed by atoms with Crippen molar-refractivity contribution in [2.75, 3.05) is 7.05 Å². The second-order valence-corrected chi connectivity index (χ2v) is 3.73. The standard InChI is InChI=1S/C11H12N2O4/c1-12-10(14)8-7(17-6-2-3-6)4-5-13-9(8)11(15)16/h4-6H,2-3H2,1H3,(H,12,14)(H,15,16). The minimum absolute atomic E-state index is 0.0191. The number of hydrogen-bond acceptors (Lipinski definition) is 4.